The molecule has 3 nitrogen and oxygen atoms in total. The van der Waals surface area contributed by atoms with Gasteiger partial charge in [0.15, 0.2) is 0 Å². The molecule has 2 aromatic rings. The lowest BCUT2D eigenvalue weighted by Crippen LogP contribution is -2.05. The van der Waals surface area contributed by atoms with E-state index in [-0.39, 0.29) is 5.75 Å². The summed E-state index contributed by atoms with van der Waals surface area (Å²) in [5.41, 5.74) is 0.144. The first kappa shape index (κ1) is 11.5. The van der Waals surface area contributed by atoms with Crippen molar-refractivity contribution < 1.29 is 17.9 Å². The minimum absolute atomic E-state index is 0.157. The first-order valence-corrected chi connectivity index (χ1v) is 4.77. The molecule has 2 rings (SSSR count). The van der Waals surface area contributed by atoms with Gasteiger partial charge in [0.2, 0.25) is 0 Å². The third-order valence-electron chi connectivity index (χ3n) is 2.28. The van der Waals surface area contributed by atoms with Gasteiger partial charge in [0.1, 0.15) is 5.75 Å². The maximum atomic E-state index is 12.6. The first-order valence-electron chi connectivity index (χ1n) is 4.77. The van der Waals surface area contributed by atoms with Gasteiger partial charge in [0.25, 0.3) is 0 Å². The molecule has 1 aromatic carbocycles. The number of aromatic amines is 1. The summed E-state index contributed by atoms with van der Waals surface area (Å²) in [6, 6.07) is 5.12. The molecular formula is C11H9F3N2O. The Balaban J connectivity index is 2.54. The minimum Gasteiger partial charge on any atom is -0.497 e. The number of benzene rings is 1. The second-order valence-corrected chi connectivity index (χ2v) is 3.42. The zero-order valence-corrected chi connectivity index (χ0v) is 8.88. The van der Waals surface area contributed by atoms with E-state index in [2.05, 4.69) is 10.2 Å². The normalized spacial score (nSPS) is 11.5. The molecule has 90 valence electrons. The van der Waals surface area contributed by atoms with Crippen LogP contribution < -0.4 is 4.74 Å². The van der Waals surface area contributed by atoms with Gasteiger partial charge in [-0.25, -0.2) is 0 Å². The number of nitrogens with one attached hydrogen (secondary N) is 1. The van der Waals surface area contributed by atoms with Crippen molar-refractivity contribution >= 4 is 0 Å². The molecule has 0 saturated heterocycles. The van der Waals surface area contributed by atoms with Crippen molar-refractivity contribution in [2.45, 2.75) is 6.18 Å². The number of nitrogens with zero attached hydrogens (tertiary/aromatic N) is 1. The molecule has 17 heavy (non-hydrogen) atoms. The average Bonchev–Trinajstić information content (AvgIpc) is 2.80. The third-order valence-corrected chi connectivity index (χ3v) is 2.28. The molecule has 0 unspecified atom stereocenters. The molecular weight excluding hydrogens is 233 g/mol. The lowest BCUT2D eigenvalue weighted by Gasteiger charge is -2.10. The van der Waals surface area contributed by atoms with Gasteiger partial charge in [-0.3, -0.25) is 5.10 Å². The number of hydrogen-bond donors (Lipinski definition) is 1. The monoisotopic (exact) mass is 242 g/mol. The fraction of sp³-hybridized carbons (Fsp3) is 0.182. The summed E-state index contributed by atoms with van der Waals surface area (Å²) in [5.74, 6) is 0.157. The summed E-state index contributed by atoms with van der Waals surface area (Å²) in [7, 11) is 1.33. The summed E-state index contributed by atoms with van der Waals surface area (Å²) < 4.78 is 42.8. The standard InChI is InChI=1S/C11H9F3N2O/c1-17-9-5-7(10-2-3-15-16-10)4-8(6-9)11(12,13)14/h2-6H,1H3,(H,15,16). The third kappa shape index (κ3) is 2.41. The van der Waals surface area contributed by atoms with Crippen LogP contribution in [-0.4, -0.2) is 17.3 Å². The van der Waals surface area contributed by atoms with Crippen molar-refractivity contribution in [3.8, 4) is 17.0 Å². The highest BCUT2D eigenvalue weighted by Crippen LogP contribution is 2.34. The van der Waals surface area contributed by atoms with Crippen molar-refractivity contribution in [3.63, 3.8) is 0 Å². The number of halogens is 3. The average molecular weight is 242 g/mol. The van der Waals surface area contributed by atoms with Crippen molar-refractivity contribution in [3.05, 3.63) is 36.0 Å². The summed E-state index contributed by atoms with van der Waals surface area (Å²) in [6.45, 7) is 0. The molecule has 1 N–H and O–H groups in total. The van der Waals surface area contributed by atoms with Crippen LogP contribution in [0.3, 0.4) is 0 Å². The van der Waals surface area contributed by atoms with Crippen molar-refractivity contribution in [1.82, 2.24) is 10.2 Å². The largest absolute Gasteiger partial charge is 0.497 e. The highest BCUT2D eigenvalue weighted by molar-refractivity contribution is 5.62. The Morgan fingerprint density at radius 3 is 2.53 bits per heavy atom. The highest BCUT2D eigenvalue weighted by Gasteiger charge is 2.31. The van der Waals surface area contributed by atoms with Crippen LogP contribution in [0.1, 0.15) is 5.56 Å². The van der Waals surface area contributed by atoms with Crippen molar-refractivity contribution in [2.24, 2.45) is 0 Å². The number of hydrogen-bond acceptors (Lipinski definition) is 2. The molecule has 0 aliphatic heterocycles. The van der Waals surface area contributed by atoms with Crippen LogP contribution in [0.2, 0.25) is 0 Å². The second-order valence-electron chi connectivity index (χ2n) is 3.42. The zero-order valence-electron chi connectivity index (χ0n) is 8.88. The lowest BCUT2D eigenvalue weighted by atomic mass is 10.1. The molecule has 0 aliphatic rings. The molecule has 1 heterocycles. The molecule has 6 heteroatoms. The lowest BCUT2D eigenvalue weighted by molar-refractivity contribution is -0.137. The first-order chi connectivity index (χ1) is 8.00. The SMILES string of the molecule is COc1cc(-c2ccn[nH]2)cc(C(F)(F)F)c1. The molecule has 0 fully saturated rings. The minimum atomic E-state index is -4.40. The Morgan fingerprint density at radius 2 is 2.00 bits per heavy atom. The van der Waals surface area contributed by atoms with Crippen LogP contribution >= 0.6 is 0 Å². The van der Waals surface area contributed by atoms with Gasteiger partial charge >= 0.3 is 6.18 Å². The second kappa shape index (κ2) is 4.12. The van der Waals surface area contributed by atoms with Crippen molar-refractivity contribution in [2.75, 3.05) is 7.11 Å². The van der Waals surface area contributed by atoms with Gasteiger partial charge in [-0.05, 0) is 24.3 Å². The Labute approximate surface area is 95.2 Å². The Morgan fingerprint density at radius 1 is 1.24 bits per heavy atom. The van der Waals surface area contributed by atoms with Crippen LogP contribution in [0.15, 0.2) is 30.5 Å². The fourth-order valence-corrected chi connectivity index (χ4v) is 1.45. The predicted octanol–water partition coefficient (Wildman–Crippen LogP) is 3.10. The highest BCUT2D eigenvalue weighted by atomic mass is 19.4. The van der Waals surface area contributed by atoms with E-state index in [0.717, 1.165) is 12.1 Å². The number of alkyl halides is 3. The van der Waals surface area contributed by atoms with Gasteiger partial charge in [0, 0.05) is 11.8 Å². The molecule has 0 saturated carbocycles. The Kier molecular flexibility index (Phi) is 2.79. The topological polar surface area (TPSA) is 37.9 Å². The number of H-pyrrole nitrogens is 1. The van der Waals surface area contributed by atoms with Crippen LogP contribution in [0, 0.1) is 0 Å². The number of ether oxygens (including phenoxy) is 1. The summed E-state index contributed by atoms with van der Waals surface area (Å²) in [6.07, 6.45) is -2.93. The molecule has 0 radical (unpaired) electrons. The molecule has 0 aliphatic carbocycles. The fourth-order valence-electron chi connectivity index (χ4n) is 1.45. The van der Waals surface area contributed by atoms with Gasteiger partial charge in [-0.15, -0.1) is 0 Å². The summed E-state index contributed by atoms with van der Waals surface area (Å²) in [4.78, 5) is 0. The van der Waals surface area contributed by atoms with E-state index >= 15 is 0 Å². The predicted molar refractivity (Wildman–Crippen MR) is 55.6 cm³/mol. The van der Waals surface area contributed by atoms with Gasteiger partial charge in [-0.2, -0.15) is 18.3 Å². The number of methoxy groups -OCH3 is 1. The molecule has 0 bridgehead atoms. The molecule has 1 aromatic heterocycles. The van der Waals surface area contributed by atoms with Gasteiger partial charge in [-0.1, -0.05) is 0 Å². The Hall–Kier alpha value is -1.98. The quantitative estimate of drug-likeness (QED) is 0.878. The van der Waals surface area contributed by atoms with E-state index in [0.29, 0.717) is 11.3 Å². The Bertz CT molecular complexity index is 506. The maximum absolute atomic E-state index is 12.6. The molecule has 0 spiro atoms. The summed E-state index contributed by atoms with van der Waals surface area (Å²) >= 11 is 0. The van der Waals surface area contributed by atoms with Crippen LogP contribution in [0.25, 0.3) is 11.3 Å². The van der Waals surface area contributed by atoms with E-state index in [4.69, 9.17) is 4.74 Å². The maximum Gasteiger partial charge on any atom is 0.416 e. The van der Waals surface area contributed by atoms with E-state index in [9.17, 15) is 13.2 Å². The number of aromatic nitrogens is 2. The van der Waals surface area contributed by atoms with Gasteiger partial charge < -0.3 is 4.74 Å². The number of rotatable bonds is 2. The van der Waals surface area contributed by atoms with Crippen LogP contribution in [0.5, 0.6) is 5.75 Å². The molecule has 0 amide bonds. The van der Waals surface area contributed by atoms with Crippen LogP contribution in [0.4, 0.5) is 13.2 Å². The smallest absolute Gasteiger partial charge is 0.416 e. The van der Waals surface area contributed by atoms with E-state index in [1.54, 1.807) is 6.07 Å². The van der Waals surface area contributed by atoms with Gasteiger partial charge in [0.05, 0.1) is 18.4 Å². The van der Waals surface area contributed by atoms with E-state index in [1.807, 2.05) is 0 Å². The summed E-state index contributed by atoms with van der Waals surface area (Å²) in [5, 5.41) is 6.31. The van der Waals surface area contributed by atoms with Crippen LogP contribution in [-0.2, 0) is 6.18 Å². The van der Waals surface area contributed by atoms with E-state index in [1.165, 1.54) is 19.4 Å². The molecule has 0 atom stereocenters. The zero-order chi connectivity index (χ0) is 12.5. The van der Waals surface area contributed by atoms with Crippen molar-refractivity contribution in [1.29, 1.82) is 0 Å². The van der Waals surface area contributed by atoms with E-state index < -0.39 is 11.7 Å².